The summed E-state index contributed by atoms with van der Waals surface area (Å²) >= 11 is 1.32. The van der Waals surface area contributed by atoms with Gasteiger partial charge < -0.3 is 4.74 Å². The maximum Gasteiger partial charge on any atom is 0.420 e. The lowest BCUT2D eigenvalue weighted by atomic mass is 10.2. The zero-order valence-electron chi connectivity index (χ0n) is 12.8. The Kier molecular flexibility index (Phi) is 6.92. The third-order valence-electron chi connectivity index (χ3n) is 2.27. The molecule has 0 unspecified atom stereocenters. The lowest BCUT2D eigenvalue weighted by Crippen LogP contribution is -2.17. The van der Waals surface area contributed by atoms with Crippen LogP contribution in [0.5, 0.6) is 5.88 Å². The van der Waals surface area contributed by atoms with Crippen LogP contribution in [0.4, 0.5) is 9.93 Å². The smallest absolute Gasteiger partial charge is 0.389 e. The molecule has 8 heteroatoms. The normalized spacial score (nSPS) is 9.45. The summed E-state index contributed by atoms with van der Waals surface area (Å²) in [5.41, 5.74) is 1.06. The molecular formula is C14H17N5O2S. The molecule has 0 saturated heterocycles. The largest absolute Gasteiger partial charge is 0.420 e. The fraction of sp³-hybridized carbons (Fsp3) is 0.357. The number of nitriles is 1. The van der Waals surface area contributed by atoms with E-state index in [0.29, 0.717) is 11.0 Å². The van der Waals surface area contributed by atoms with Gasteiger partial charge in [-0.25, -0.2) is 9.78 Å². The molecule has 0 saturated carbocycles. The molecule has 0 fully saturated rings. The zero-order chi connectivity index (χ0) is 16.5. The number of amides is 1. The summed E-state index contributed by atoms with van der Waals surface area (Å²) in [5, 5.41) is 20.6. The summed E-state index contributed by atoms with van der Waals surface area (Å²) < 4.78 is 4.92. The molecule has 0 spiro atoms. The summed E-state index contributed by atoms with van der Waals surface area (Å²) in [6.07, 6.45) is -0.700. The van der Waals surface area contributed by atoms with Crippen molar-refractivity contribution in [1.82, 2.24) is 15.2 Å². The molecule has 0 aromatic carbocycles. The van der Waals surface area contributed by atoms with Crippen molar-refractivity contribution in [3.05, 3.63) is 28.9 Å². The Hall–Kier alpha value is -2.53. The highest BCUT2D eigenvalue weighted by Crippen LogP contribution is 2.21. The topological polar surface area (TPSA) is 101 Å². The van der Waals surface area contributed by atoms with E-state index < -0.39 is 6.09 Å². The maximum atomic E-state index is 11.6. The molecular weight excluding hydrogens is 302 g/mol. The molecule has 1 amide bonds. The Morgan fingerprint density at radius 3 is 2.59 bits per heavy atom. The number of thiazole rings is 1. The highest BCUT2D eigenvalue weighted by molar-refractivity contribution is 7.13. The summed E-state index contributed by atoms with van der Waals surface area (Å²) in [7, 11) is 0. The van der Waals surface area contributed by atoms with Crippen LogP contribution in [-0.2, 0) is 0 Å². The Morgan fingerprint density at radius 2 is 2.09 bits per heavy atom. The minimum Gasteiger partial charge on any atom is -0.389 e. The van der Waals surface area contributed by atoms with Crippen molar-refractivity contribution in [3.63, 3.8) is 0 Å². The van der Waals surface area contributed by atoms with Crippen LogP contribution in [0.3, 0.4) is 0 Å². The van der Waals surface area contributed by atoms with E-state index in [4.69, 9.17) is 10.00 Å². The molecule has 0 aliphatic rings. The lowest BCUT2D eigenvalue weighted by Gasteiger charge is -2.02. The van der Waals surface area contributed by atoms with Gasteiger partial charge in [0.25, 0.3) is 0 Å². The van der Waals surface area contributed by atoms with Gasteiger partial charge in [0.05, 0.1) is 5.69 Å². The van der Waals surface area contributed by atoms with E-state index >= 15 is 0 Å². The fourth-order valence-corrected chi connectivity index (χ4v) is 2.11. The minimum atomic E-state index is -0.700. The molecule has 2 heterocycles. The van der Waals surface area contributed by atoms with Gasteiger partial charge in [0, 0.05) is 11.4 Å². The van der Waals surface area contributed by atoms with Gasteiger partial charge in [0.2, 0.25) is 5.88 Å². The molecule has 1 N–H and O–H groups in total. The first-order valence-electron chi connectivity index (χ1n) is 6.76. The number of hydrogen-bond acceptors (Lipinski definition) is 7. The monoisotopic (exact) mass is 319 g/mol. The van der Waals surface area contributed by atoms with Crippen LogP contribution in [0.15, 0.2) is 17.5 Å². The van der Waals surface area contributed by atoms with Crippen LogP contribution in [0.2, 0.25) is 0 Å². The molecule has 0 atom stereocenters. The number of hydrogen-bond donors (Lipinski definition) is 1. The molecule has 2 rings (SSSR count). The molecule has 0 bridgehead atoms. The van der Waals surface area contributed by atoms with Crippen molar-refractivity contribution in [1.29, 1.82) is 5.26 Å². The van der Waals surface area contributed by atoms with E-state index in [1.54, 1.807) is 0 Å². The number of nitrogens with zero attached hydrogens (tertiary/aromatic N) is 4. The molecule has 0 radical (unpaired) electrons. The highest BCUT2D eigenvalue weighted by Gasteiger charge is 2.11. The van der Waals surface area contributed by atoms with Crippen molar-refractivity contribution in [2.24, 2.45) is 0 Å². The van der Waals surface area contributed by atoms with Crippen LogP contribution >= 0.6 is 11.3 Å². The van der Waals surface area contributed by atoms with E-state index in [0.717, 1.165) is 5.69 Å². The number of anilines is 1. The van der Waals surface area contributed by atoms with Gasteiger partial charge in [0.1, 0.15) is 6.07 Å². The fourth-order valence-electron chi connectivity index (χ4n) is 1.25. The number of carbonyl (C=O) groups is 1. The summed E-state index contributed by atoms with van der Waals surface area (Å²) in [6, 6.07) is 4.63. The second-order valence-electron chi connectivity index (χ2n) is 4.12. The maximum absolute atomic E-state index is 11.6. The van der Waals surface area contributed by atoms with E-state index in [9.17, 15) is 4.79 Å². The average molecular weight is 319 g/mol. The first kappa shape index (κ1) is 17.5. The number of aromatic nitrogens is 3. The Balaban J connectivity index is 0.00000116. The van der Waals surface area contributed by atoms with Crippen LogP contribution in [0.25, 0.3) is 0 Å². The quantitative estimate of drug-likeness (QED) is 0.928. The van der Waals surface area contributed by atoms with E-state index in [1.807, 2.05) is 39.1 Å². The van der Waals surface area contributed by atoms with Gasteiger partial charge in [0.15, 0.2) is 10.8 Å². The predicted octanol–water partition coefficient (Wildman–Crippen LogP) is 3.57. The zero-order valence-corrected chi connectivity index (χ0v) is 13.6. The summed E-state index contributed by atoms with van der Waals surface area (Å²) in [4.78, 5) is 15.9. The van der Waals surface area contributed by atoms with Gasteiger partial charge in [-0.1, -0.05) is 27.7 Å². The first-order chi connectivity index (χ1) is 10.6. The van der Waals surface area contributed by atoms with Crippen molar-refractivity contribution in [3.8, 4) is 11.9 Å². The number of rotatable bonds is 3. The SMILES string of the molecule is CC.CC(C)c1csc(NC(=O)Oc2ccc(C#N)nn2)n1. The Labute approximate surface area is 133 Å². The molecule has 116 valence electrons. The second-order valence-corrected chi connectivity index (χ2v) is 4.97. The average Bonchev–Trinajstić information content (AvgIpc) is 2.98. The molecule has 2 aromatic heterocycles. The van der Waals surface area contributed by atoms with Gasteiger partial charge in [-0.3, -0.25) is 5.32 Å². The number of carbonyl (C=O) groups excluding carboxylic acids is 1. The van der Waals surface area contributed by atoms with Crippen LogP contribution in [-0.4, -0.2) is 21.3 Å². The summed E-state index contributed by atoms with van der Waals surface area (Å²) in [5.74, 6) is 0.310. The molecule has 7 nitrogen and oxygen atoms in total. The first-order valence-corrected chi connectivity index (χ1v) is 7.64. The van der Waals surface area contributed by atoms with Crippen molar-refractivity contribution in [2.45, 2.75) is 33.6 Å². The van der Waals surface area contributed by atoms with Crippen molar-refractivity contribution >= 4 is 22.6 Å². The van der Waals surface area contributed by atoms with Crippen LogP contribution < -0.4 is 10.1 Å². The lowest BCUT2D eigenvalue weighted by molar-refractivity contribution is 0.213. The van der Waals surface area contributed by atoms with Crippen molar-refractivity contribution in [2.75, 3.05) is 5.32 Å². The summed E-state index contributed by atoms with van der Waals surface area (Å²) in [6.45, 7) is 8.03. The van der Waals surface area contributed by atoms with Crippen LogP contribution in [0.1, 0.15) is 45.0 Å². The predicted molar refractivity (Wildman–Crippen MR) is 83.9 cm³/mol. The van der Waals surface area contributed by atoms with Crippen molar-refractivity contribution < 1.29 is 9.53 Å². The molecule has 2 aromatic rings. The third kappa shape index (κ3) is 5.10. The standard InChI is InChI=1S/C12H11N5O2S.C2H6/c1-7(2)9-6-20-11(14-9)15-12(18)19-10-4-3-8(5-13)16-17-10;1-2/h3-4,6-7H,1-2H3,(H,14,15,18);1-2H3. The minimum absolute atomic E-state index is 0.0159. The molecule has 0 aliphatic heterocycles. The van der Waals surface area contributed by atoms with Gasteiger partial charge >= 0.3 is 6.09 Å². The highest BCUT2D eigenvalue weighted by atomic mass is 32.1. The van der Waals surface area contributed by atoms with E-state index in [1.165, 1.54) is 23.5 Å². The second kappa shape index (κ2) is 8.69. The Morgan fingerprint density at radius 1 is 1.36 bits per heavy atom. The van der Waals surface area contributed by atoms with Gasteiger partial charge in [-0.15, -0.1) is 21.5 Å². The van der Waals surface area contributed by atoms with E-state index in [2.05, 4.69) is 20.5 Å². The van der Waals surface area contributed by atoms with Crippen LogP contribution in [0, 0.1) is 11.3 Å². The number of ether oxygens (including phenoxy) is 1. The number of nitrogens with one attached hydrogen (secondary N) is 1. The molecule has 0 aliphatic carbocycles. The Bertz CT molecular complexity index is 646. The van der Waals surface area contributed by atoms with E-state index in [-0.39, 0.29) is 11.6 Å². The molecule has 22 heavy (non-hydrogen) atoms. The van der Waals surface area contributed by atoms with Gasteiger partial charge in [-0.05, 0) is 12.0 Å². The third-order valence-corrected chi connectivity index (χ3v) is 3.05. The van der Waals surface area contributed by atoms with Gasteiger partial charge in [-0.2, -0.15) is 5.26 Å².